The number of aliphatic hydroxyl groups excluding tert-OH is 2. The molecule has 3 N–H and O–H groups in total. The maximum Gasteiger partial charge on any atom is 0.254 e. The minimum absolute atomic E-state index is 0.0570. The summed E-state index contributed by atoms with van der Waals surface area (Å²) < 4.78 is 0. The molecule has 5 heteroatoms. The summed E-state index contributed by atoms with van der Waals surface area (Å²) in [5.74, 6) is -0.441. The van der Waals surface area contributed by atoms with Crippen LogP contribution < -0.4 is 5.56 Å². The van der Waals surface area contributed by atoms with Gasteiger partial charge in [0.15, 0.2) is 0 Å². The Morgan fingerprint density at radius 2 is 1.89 bits per heavy atom. The molecule has 106 valence electrons. The smallest absolute Gasteiger partial charge is 0.254 e. The Morgan fingerprint density at radius 1 is 1.32 bits per heavy atom. The second kappa shape index (κ2) is 6.12. The summed E-state index contributed by atoms with van der Waals surface area (Å²) >= 11 is 0. The first-order valence-electron chi connectivity index (χ1n) is 6.37. The molecule has 0 saturated heterocycles. The van der Waals surface area contributed by atoms with Gasteiger partial charge in [0.2, 0.25) is 0 Å². The van der Waals surface area contributed by atoms with E-state index >= 15 is 0 Å². The van der Waals surface area contributed by atoms with Gasteiger partial charge in [-0.05, 0) is 18.4 Å². The van der Waals surface area contributed by atoms with E-state index in [4.69, 9.17) is 0 Å². The first-order valence-corrected chi connectivity index (χ1v) is 6.37. The van der Waals surface area contributed by atoms with Gasteiger partial charge in [-0.2, -0.15) is 0 Å². The lowest BCUT2D eigenvalue weighted by Crippen LogP contribution is -2.36. The fourth-order valence-electron chi connectivity index (χ4n) is 1.90. The summed E-state index contributed by atoms with van der Waals surface area (Å²) in [5.41, 5.74) is 1.27. The van der Waals surface area contributed by atoms with Crippen LogP contribution in [0.2, 0.25) is 0 Å². The summed E-state index contributed by atoms with van der Waals surface area (Å²) in [6.07, 6.45) is -0.463. The van der Waals surface area contributed by atoms with Gasteiger partial charge in [0, 0.05) is 11.5 Å². The van der Waals surface area contributed by atoms with E-state index in [1.54, 1.807) is 13.8 Å². The van der Waals surface area contributed by atoms with E-state index < -0.39 is 12.2 Å². The third kappa shape index (κ3) is 3.30. The normalized spacial score (nSPS) is 16.2. The van der Waals surface area contributed by atoms with Gasteiger partial charge in [0.25, 0.3) is 5.56 Å². The van der Waals surface area contributed by atoms with Crippen LogP contribution in [0.15, 0.2) is 17.7 Å². The number of hydrogen-bond acceptors (Lipinski definition) is 4. The first kappa shape index (κ1) is 15.6. The van der Waals surface area contributed by atoms with Crippen LogP contribution in [0.3, 0.4) is 0 Å². The monoisotopic (exact) mass is 266 g/mol. The van der Waals surface area contributed by atoms with Gasteiger partial charge in [0.05, 0.1) is 24.2 Å². The average molecular weight is 266 g/mol. The Bertz CT molecular complexity index is 508. The molecule has 5 nitrogen and oxygen atoms in total. The lowest BCUT2D eigenvalue weighted by Gasteiger charge is -2.27. The van der Waals surface area contributed by atoms with Crippen molar-refractivity contribution in [2.75, 3.05) is 0 Å². The SMILES string of the molecule is C=C(c1nc[nH]c(=O)c1C)[C@H](C)[C@H](O)[C@H](O)C(C)C. The highest BCUT2D eigenvalue weighted by Crippen LogP contribution is 2.26. The zero-order chi connectivity index (χ0) is 14.7. The minimum atomic E-state index is -0.937. The van der Waals surface area contributed by atoms with Crippen LogP contribution in [0.4, 0.5) is 0 Å². The summed E-state index contributed by atoms with van der Waals surface area (Å²) in [6.45, 7) is 11.0. The van der Waals surface area contributed by atoms with Crippen LogP contribution in [-0.4, -0.2) is 32.4 Å². The molecule has 0 fully saturated rings. The lowest BCUT2D eigenvalue weighted by molar-refractivity contribution is -0.0241. The number of nitrogens with one attached hydrogen (secondary N) is 1. The maximum absolute atomic E-state index is 11.5. The van der Waals surface area contributed by atoms with Crippen molar-refractivity contribution in [3.8, 4) is 0 Å². The first-order chi connectivity index (χ1) is 8.77. The number of aromatic nitrogens is 2. The van der Waals surface area contributed by atoms with Gasteiger partial charge >= 0.3 is 0 Å². The number of nitrogens with zero attached hydrogens (tertiary/aromatic N) is 1. The second-order valence-corrected chi connectivity index (χ2v) is 5.24. The lowest BCUT2D eigenvalue weighted by atomic mass is 9.86. The topological polar surface area (TPSA) is 86.2 Å². The minimum Gasteiger partial charge on any atom is -0.390 e. The van der Waals surface area contributed by atoms with Gasteiger partial charge in [0.1, 0.15) is 0 Å². The molecule has 1 aromatic rings. The Balaban J connectivity index is 3.00. The molecule has 0 unspecified atom stereocenters. The van der Waals surface area contributed by atoms with Crippen LogP contribution in [-0.2, 0) is 0 Å². The van der Waals surface area contributed by atoms with E-state index in [2.05, 4.69) is 16.5 Å². The molecule has 0 spiro atoms. The van der Waals surface area contributed by atoms with Crippen LogP contribution >= 0.6 is 0 Å². The molecular weight excluding hydrogens is 244 g/mol. The summed E-state index contributed by atoms with van der Waals surface area (Å²) in [4.78, 5) is 18.1. The Kier molecular flexibility index (Phi) is 5.03. The van der Waals surface area contributed by atoms with Crippen molar-refractivity contribution in [2.45, 2.75) is 39.9 Å². The van der Waals surface area contributed by atoms with Gasteiger partial charge in [-0.25, -0.2) is 4.98 Å². The summed E-state index contributed by atoms with van der Waals surface area (Å²) in [6, 6.07) is 0. The van der Waals surface area contributed by atoms with Crippen molar-refractivity contribution in [1.29, 1.82) is 0 Å². The van der Waals surface area contributed by atoms with Gasteiger partial charge < -0.3 is 15.2 Å². The molecule has 1 rings (SSSR count). The molecule has 19 heavy (non-hydrogen) atoms. The molecule has 0 amide bonds. The fourth-order valence-corrected chi connectivity index (χ4v) is 1.90. The predicted octanol–water partition coefficient (Wildman–Crippen LogP) is 1.11. The Labute approximate surface area is 113 Å². The number of aromatic amines is 1. The van der Waals surface area contributed by atoms with E-state index in [0.717, 1.165) is 0 Å². The van der Waals surface area contributed by atoms with E-state index in [0.29, 0.717) is 16.8 Å². The van der Waals surface area contributed by atoms with Crippen molar-refractivity contribution < 1.29 is 10.2 Å². The third-order valence-electron chi connectivity index (χ3n) is 3.48. The van der Waals surface area contributed by atoms with Crippen LogP contribution in [0.1, 0.15) is 32.0 Å². The average Bonchev–Trinajstić information content (AvgIpc) is 2.38. The molecule has 1 aromatic heterocycles. The summed E-state index contributed by atoms with van der Waals surface area (Å²) in [5, 5.41) is 20.0. The Hall–Kier alpha value is -1.46. The molecule has 3 atom stereocenters. The van der Waals surface area contributed by atoms with Gasteiger partial charge in [-0.15, -0.1) is 0 Å². The van der Waals surface area contributed by atoms with Crippen molar-refractivity contribution in [2.24, 2.45) is 11.8 Å². The fraction of sp³-hybridized carbons (Fsp3) is 0.571. The number of aliphatic hydroxyl groups is 2. The van der Waals surface area contributed by atoms with Crippen molar-refractivity contribution in [3.63, 3.8) is 0 Å². The molecule has 0 bridgehead atoms. The molecule has 0 aliphatic heterocycles. The van der Waals surface area contributed by atoms with E-state index in [1.807, 2.05) is 13.8 Å². The zero-order valence-electron chi connectivity index (χ0n) is 11.8. The molecular formula is C14H22N2O3. The van der Waals surface area contributed by atoms with Gasteiger partial charge in [-0.1, -0.05) is 27.4 Å². The third-order valence-corrected chi connectivity index (χ3v) is 3.48. The molecule has 0 aromatic carbocycles. The molecule has 0 aliphatic rings. The predicted molar refractivity (Wildman–Crippen MR) is 74.6 cm³/mol. The summed E-state index contributed by atoms with van der Waals surface area (Å²) in [7, 11) is 0. The highest BCUT2D eigenvalue weighted by atomic mass is 16.3. The largest absolute Gasteiger partial charge is 0.390 e. The maximum atomic E-state index is 11.5. The van der Waals surface area contributed by atoms with Crippen molar-refractivity contribution in [1.82, 2.24) is 9.97 Å². The molecule has 1 heterocycles. The standard InChI is InChI=1S/C14H22N2O3/c1-7(2)12(17)13(18)9(4)8(3)11-10(5)14(19)16-6-15-11/h6-7,9,12-13,17-18H,3H2,1-2,4-5H3,(H,15,16,19)/t9-,12+,13-/m0/s1. The quantitative estimate of drug-likeness (QED) is 0.745. The van der Waals surface area contributed by atoms with E-state index in [9.17, 15) is 15.0 Å². The Morgan fingerprint density at radius 3 is 2.42 bits per heavy atom. The zero-order valence-corrected chi connectivity index (χ0v) is 11.8. The molecule has 0 aliphatic carbocycles. The molecule has 0 radical (unpaired) electrons. The van der Waals surface area contributed by atoms with Crippen molar-refractivity contribution >= 4 is 5.57 Å². The van der Waals surface area contributed by atoms with Crippen LogP contribution in [0, 0.1) is 18.8 Å². The van der Waals surface area contributed by atoms with Crippen LogP contribution in [0.5, 0.6) is 0 Å². The van der Waals surface area contributed by atoms with E-state index in [1.165, 1.54) is 6.33 Å². The number of rotatable bonds is 5. The van der Waals surface area contributed by atoms with E-state index in [-0.39, 0.29) is 17.4 Å². The highest BCUT2D eigenvalue weighted by molar-refractivity contribution is 5.64. The van der Waals surface area contributed by atoms with Crippen molar-refractivity contribution in [3.05, 3.63) is 34.5 Å². The van der Waals surface area contributed by atoms with Gasteiger partial charge in [-0.3, -0.25) is 4.79 Å². The van der Waals surface area contributed by atoms with Crippen LogP contribution in [0.25, 0.3) is 5.57 Å². The highest BCUT2D eigenvalue weighted by Gasteiger charge is 2.28. The number of hydrogen-bond donors (Lipinski definition) is 3. The number of H-pyrrole nitrogens is 1. The molecule has 0 saturated carbocycles. The second-order valence-electron chi connectivity index (χ2n) is 5.24.